The molecule has 0 fully saturated rings. The number of hydrogen-bond donors (Lipinski definition) is 0. The third kappa shape index (κ3) is 2.34. The summed E-state index contributed by atoms with van der Waals surface area (Å²) in [6.07, 6.45) is 0. The van der Waals surface area contributed by atoms with Crippen molar-refractivity contribution in [3.8, 4) is 0 Å². The lowest BCUT2D eigenvalue weighted by atomic mass is 9.76. The normalized spacial score (nSPS) is 19.4. The second kappa shape index (κ2) is 4.99. The van der Waals surface area contributed by atoms with Gasteiger partial charge in [0, 0.05) is 13.1 Å². The average molecular weight is 233 g/mol. The van der Waals surface area contributed by atoms with Gasteiger partial charge in [-0.3, -0.25) is 4.90 Å². The van der Waals surface area contributed by atoms with Crippen molar-refractivity contribution >= 4 is 7.85 Å². The first-order chi connectivity index (χ1) is 8.83. The van der Waals surface area contributed by atoms with E-state index in [9.17, 15) is 0 Å². The van der Waals surface area contributed by atoms with Crippen LogP contribution in [0.3, 0.4) is 0 Å². The zero-order valence-corrected chi connectivity index (χ0v) is 10.4. The van der Waals surface area contributed by atoms with Crippen molar-refractivity contribution in [3.05, 3.63) is 71.3 Å². The Morgan fingerprint density at radius 1 is 1.00 bits per heavy atom. The maximum atomic E-state index is 6.25. The van der Waals surface area contributed by atoms with Crippen LogP contribution in [0.15, 0.2) is 54.6 Å². The minimum Gasteiger partial charge on any atom is -0.295 e. The summed E-state index contributed by atoms with van der Waals surface area (Å²) in [5.41, 5.74) is 4.03. The Morgan fingerprint density at radius 3 is 2.56 bits per heavy atom. The molecule has 0 aliphatic carbocycles. The lowest BCUT2D eigenvalue weighted by molar-refractivity contribution is 0.241. The molecule has 1 atom stereocenters. The molecule has 1 aliphatic rings. The molecule has 2 aromatic carbocycles. The molecule has 0 spiro atoms. The fourth-order valence-corrected chi connectivity index (χ4v) is 2.68. The zero-order valence-electron chi connectivity index (χ0n) is 10.4. The fraction of sp³-hybridized carbons (Fsp3) is 0.250. The summed E-state index contributed by atoms with van der Waals surface area (Å²) < 4.78 is 0. The van der Waals surface area contributed by atoms with Gasteiger partial charge in [0.2, 0.25) is 0 Å². The van der Waals surface area contributed by atoms with Crippen LogP contribution in [0.4, 0.5) is 0 Å². The van der Waals surface area contributed by atoms with Crippen molar-refractivity contribution in [2.24, 2.45) is 0 Å². The summed E-state index contributed by atoms with van der Waals surface area (Å²) in [6.45, 7) is 2.91. The first-order valence-corrected chi connectivity index (χ1v) is 6.42. The first kappa shape index (κ1) is 11.5. The maximum absolute atomic E-state index is 6.25. The van der Waals surface area contributed by atoms with Gasteiger partial charge in [-0.15, -0.1) is 0 Å². The van der Waals surface area contributed by atoms with E-state index in [0.29, 0.717) is 0 Å². The third-order valence-electron chi connectivity index (χ3n) is 3.55. The fourth-order valence-electron chi connectivity index (χ4n) is 2.68. The molecule has 0 aromatic heterocycles. The highest BCUT2D eigenvalue weighted by molar-refractivity contribution is 6.12. The first-order valence-electron chi connectivity index (χ1n) is 6.42. The summed E-state index contributed by atoms with van der Waals surface area (Å²) in [4.78, 5) is 2.42. The van der Waals surface area contributed by atoms with Crippen LogP contribution in [0, 0.1) is 0 Å². The van der Waals surface area contributed by atoms with Crippen molar-refractivity contribution in [2.75, 3.05) is 6.54 Å². The Bertz CT molecular complexity index is 524. The van der Waals surface area contributed by atoms with Crippen molar-refractivity contribution in [2.45, 2.75) is 18.9 Å². The molecular formula is C16H16BN. The van der Waals surface area contributed by atoms with Gasteiger partial charge < -0.3 is 0 Å². The standard InChI is InChI=1S/C16H16BN/c17-16-12-18(10-13-6-2-1-3-7-13)11-14-8-4-5-9-15(14)16/h1-9,16H,10-12H2/t16-/m1/s1. The summed E-state index contributed by atoms with van der Waals surface area (Å²) >= 11 is 0. The summed E-state index contributed by atoms with van der Waals surface area (Å²) in [5.74, 6) is 0.138. The predicted molar refractivity (Wildman–Crippen MR) is 75.5 cm³/mol. The minimum absolute atomic E-state index is 0.138. The Balaban J connectivity index is 1.78. The molecule has 0 bridgehead atoms. The Hall–Kier alpha value is -1.54. The molecule has 18 heavy (non-hydrogen) atoms. The molecule has 2 heteroatoms. The highest BCUT2D eigenvalue weighted by Gasteiger charge is 2.21. The van der Waals surface area contributed by atoms with Crippen LogP contribution < -0.4 is 0 Å². The van der Waals surface area contributed by atoms with Crippen molar-refractivity contribution < 1.29 is 0 Å². The lowest BCUT2D eigenvalue weighted by Crippen LogP contribution is -2.33. The van der Waals surface area contributed by atoms with E-state index in [1.807, 2.05) is 0 Å². The molecule has 0 saturated carbocycles. The molecule has 0 unspecified atom stereocenters. The van der Waals surface area contributed by atoms with Crippen LogP contribution >= 0.6 is 0 Å². The van der Waals surface area contributed by atoms with E-state index in [0.717, 1.165) is 19.6 Å². The minimum atomic E-state index is 0.138. The van der Waals surface area contributed by atoms with E-state index in [2.05, 4.69) is 59.5 Å². The smallest absolute Gasteiger partial charge is 0.0781 e. The van der Waals surface area contributed by atoms with Crippen molar-refractivity contribution in [1.29, 1.82) is 0 Å². The van der Waals surface area contributed by atoms with Gasteiger partial charge >= 0.3 is 0 Å². The van der Waals surface area contributed by atoms with Gasteiger partial charge in [0.25, 0.3) is 0 Å². The summed E-state index contributed by atoms with van der Waals surface area (Å²) in [7, 11) is 6.25. The quantitative estimate of drug-likeness (QED) is 0.721. The average Bonchev–Trinajstić information content (AvgIpc) is 2.40. The number of fused-ring (bicyclic) bond motifs is 1. The highest BCUT2D eigenvalue weighted by atomic mass is 15.1. The van der Waals surface area contributed by atoms with E-state index in [-0.39, 0.29) is 5.82 Å². The van der Waals surface area contributed by atoms with Crippen LogP contribution in [0.25, 0.3) is 0 Å². The van der Waals surface area contributed by atoms with E-state index >= 15 is 0 Å². The van der Waals surface area contributed by atoms with E-state index in [1.54, 1.807) is 0 Å². The van der Waals surface area contributed by atoms with Gasteiger partial charge in [-0.05, 0) is 29.1 Å². The molecule has 2 aromatic rings. The Kier molecular flexibility index (Phi) is 3.20. The molecule has 0 N–H and O–H groups in total. The molecule has 1 nitrogen and oxygen atoms in total. The van der Waals surface area contributed by atoms with Gasteiger partial charge in [0.05, 0.1) is 7.85 Å². The van der Waals surface area contributed by atoms with Crippen LogP contribution in [0.2, 0.25) is 0 Å². The van der Waals surface area contributed by atoms with Crippen LogP contribution in [-0.4, -0.2) is 19.3 Å². The number of nitrogens with zero attached hydrogens (tertiary/aromatic N) is 1. The second-order valence-corrected chi connectivity index (χ2v) is 4.96. The largest absolute Gasteiger partial charge is 0.295 e. The lowest BCUT2D eigenvalue weighted by Gasteiger charge is -2.33. The predicted octanol–water partition coefficient (Wildman–Crippen LogP) is 2.91. The van der Waals surface area contributed by atoms with Crippen molar-refractivity contribution in [3.63, 3.8) is 0 Å². The van der Waals surface area contributed by atoms with Gasteiger partial charge in [-0.25, -0.2) is 0 Å². The Morgan fingerprint density at radius 2 is 1.72 bits per heavy atom. The highest BCUT2D eigenvalue weighted by Crippen LogP contribution is 2.26. The summed E-state index contributed by atoms with van der Waals surface area (Å²) in [5, 5.41) is 0. The molecule has 88 valence electrons. The van der Waals surface area contributed by atoms with Gasteiger partial charge in [0.1, 0.15) is 0 Å². The van der Waals surface area contributed by atoms with E-state index in [4.69, 9.17) is 7.85 Å². The maximum Gasteiger partial charge on any atom is 0.0781 e. The third-order valence-corrected chi connectivity index (χ3v) is 3.55. The van der Waals surface area contributed by atoms with Crippen LogP contribution in [0.1, 0.15) is 22.5 Å². The Labute approximate surface area is 110 Å². The number of benzene rings is 2. The van der Waals surface area contributed by atoms with Gasteiger partial charge in [-0.2, -0.15) is 0 Å². The molecule has 1 aliphatic heterocycles. The van der Waals surface area contributed by atoms with E-state index in [1.165, 1.54) is 16.7 Å². The van der Waals surface area contributed by atoms with Crippen LogP contribution in [0.5, 0.6) is 0 Å². The number of hydrogen-bond acceptors (Lipinski definition) is 1. The molecule has 0 saturated heterocycles. The van der Waals surface area contributed by atoms with E-state index < -0.39 is 0 Å². The molecule has 3 rings (SSSR count). The number of rotatable bonds is 2. The van der Waals surface area contributed by atoms with Crippen LogP contribution in [-0.2, 0) is 13.1 Å². The monoisotopic (exact) mass is 233 g/mol. The zero-order chi connectivity index (χ0) is 12.4. The molecule has 2 radical (unpaired) electrons. The molecule has 1 heterocycles. The molecule has 0 amide bonds. The summed E-state index contributed by atoms with van der Waals surface area (Å²) in [6, 6.07) is 19.1. The van der Waals surface area contributed by atoms with Crippen molar-refractivity contribution in [1.82, 2.24) is 4.90 Å². The second-order valence-electron chi connectivity index (χ2n) is 4.96. The topological polar surface area (TPSA) is 3.24 Å². The SMILES string of the molecule is [B][C@@H]1CN(Cc2ccccc2)Cc2ccccc21. The molecular weight excluding hydrogens is 217 g/mol. The van der Waals surface area contributed by atoms with Gasteiger partial charge in [-0.1, -0.05) is 54.6 Å². The van der Waals surface area contributed by atoms with Gasteiger partial charge in [0.15, 0.2) is 0 Å².